The Morgan fingerprint density at radius 1 is 1.21 bits per heavy atom. The summed E-state index contributed by atoms with van der Waals surface area (Å²) in [6.45, 7) is 1.18. The van der Waals surface area contributed by atoms with E-state index in [1.54, 1.807) is 4.57 Å². The van der Waals surface area contributed by atoms with Crippen LogP contribution < -0.4 is 15.7 Å². The zero-order chi connectivity index (χ0) is 16.8. The van der Waals surface area contributed by atoms with Crippen molar-refractivity contribution in [3.05, 3.63) is 27.1 Å². The molecule has 2 aliphatic rings. The van der Waals surface area contributed by atoms with Crippen LogP contribution in [-0.2, 0) is 16.1 Å². The van der Waals surface area contributed by atoms with Crippen LogP contribution in [0.3, 0.4) is 0 Å². The molecule has 4 rings (SSSR count). The molecule has 126 valence electrons. The lowest BCUT2D eigenvalue weighted by Crippen LogP contribution is -2.44. The number of benzene rings is 1. The number of nitrogens with one attached hydrogen (secondary N) is 1. The van der Waals surface area contributed by atoms with Crippen molar-refractivity contribution in [1.29, 1.82) is 0 Å². The fourth-order valence-corrected chi connectivity index (χ4v) is 3.88. The second-order valence-corrected chi connectivity index (χ2v) is 6.93. The van der Waals surface area contributed by atoms with E-state index in [1.165, 1.54) is 4.57 Å². The zero-order valence-corrected chi connectivity index (χ0v) is 14.5. The molecule has 24 heavy (non-hydrogen) atoms. The second-order valence-electron chi connectivity index (χ2n) is 6.07. The number of imide groups is 1. The maximum absolute atomic E-state index is 13.0. The van der Waals surface area contributed by atoms with Gasteiger partial charge in [-0.2, -0.15) is 0 Å². The molecule has 0 saturated carbocycles. The summed E-state index contributed by atoms with van der Waals surface area (Å²) in [5.74, 6) is -0.0827. The Hall–Kier alpha value is -2.09. The first kappa shape index (κ1) is 15.4. The van der Waals surface area contributed by atoms with Gasteiger partial charge in [0, 0.05) is 13.0 Å². The molecule has 1 fully saturated rings. The third-order valence-electron chi connectivity index (χ3n) is 4.57. The Bertz CT molecular complexity index is 914. The lowest BCUT2D eigenvalue weighted by molar-refractivity contribution is -0.135. The van der Waals surface area contributed by atoms with Gasteiger partial charge in [-0.3, -0.25) is 24.0 Å². The van der Waals surface area contributed by atoms with E-state index in [2.05, 4.69) is 21.2 Å². The van der Waals surface area contributed by atoms with Crippen molar-refractivity contribution in [1.82, 2.24) is 14.5 Å². The fourth-order valence-electron chi connectivity index (χ4n) is 3.44. The maximum atomic E-state index is 13.0. The minimum absolute atomic E-state index is 0.232. The molecule has 3 heterocycles. The van der Waals surface area contributed by atoms with E-state index in [-0.39, 0.29) is 18.0 Å². The van der Waals surface area contributed by atoms with Gasteiger partial charge in [-0.25, -0.2) is 4.79 Å². The number of aryl methyl sites for hydroxylation is 1. The lowest BCUT2D eigenvalue weighted by atomic mass is 10.1. The van der Waals surface area contributed by atoms with Crippen LogP contribution in [0, 0.1) is 0 Å². The first-order valence-electron chi connectivity index (χ1n) is 7.97. The summed E-state index contributed by atoms with van der Waals surface area (Å²) in [5, 5.41) is 2.33. The van der Waals surface area contributed by atoms with Gasteiger partial charge in [0.15, 0.2) is 5.75 Å². The molecular formula is C16H16BrN3O4. The van der Waals surface area contributed by atoms with Crippen molar-refractivity contribution < 1.29 is 14.3 Å². The van der Waals surface area contributed by atoms with Gasteiger partial charge < -0.3 is 4.74 Å². The van der Waals surface area contributed by atoms with Crippen molar-refractivity contribution in [3.8, 4) is 5.75 Å². The van der Waals surface area contributed by atoms with Crippen molar-refractivity contribution in [2.24, 2.45) is 0 Å². The van der Waals surface area contributed by atoms with Crippen molar-refractivity contribution in [2.45, 2.75) is 38.3 Å². The van der Waals surface area contributed by atoms with Crippen LogP contribution in [0.15, 0.2) is 21.4 Å². The molecule has 2 amide bonds. The number of carbonyl (C=O) groups excluding carboxylic acids is 2. The van der Waals surface area contributed by atoms with Gasteiger partial charge in [0.25, 0.3) is 0 Å². The summed E-state index contributed by atoms with van der Waals surface area (Å²) in [6, 6.07) is 2.97. The minimum atomic E-state index is -0.672. The Morgan fingerprint density at radius 2 is 2.04 bits per heavy atom. The van der Waals surface area contributed by atoms with Gasteiger partial charge in [0.2, 0.25) is 11.8 Å². The number of imidazole rings is 1. The van der Waals surface area contributed by atoms with Crippen LogP contribution in [0.2, 0.25) is 0 Å². The number of halogens is 1. The molecule has 2 aliphatic heterocycles. The third kappa shape index (κ3) is 2.28. The highest BCUT2D eigenvalue weighted by Gasteiger charge is 2.32. The molecule has 1 atom stereocenters. The topological polar surface area (TPSA) is 82.3 Å². The molecule has 1 aromatic heterocycles. The number of aromatic nitrogens is 2. The number of hydrogen-bond donors (Lipinski definition) is 1. The maximum Gasteiger partial charge on any atom is 0.329 e. The highest BCUT2D eigenvalue weighted by molar-refractivity contribution is 9.10. The summed E-state index contributed by atoms with van der Waals surface area (Å²) in [6.07, 6.45) is 2.25. The van der Waals surface area contributed by atoms with E-state index in [9.17, 15) is 14.4 Å². The Kier molecular flexibility index (Phi) is 3.71. The van der Waals surface area contributed by atoms with Crippen LogP contribution in [0.25, 0.3) is 11.0 Å². The average molecular weight is 394 g/mol. The molecular weight excluding hydrogens is 378 g/mol. The Balaban J connectivity index is 1.98. The number of hydrogen-bond acceptors (Lipinski definition) is 4. The Labute approximate surface area is 145 Å². The van der Waals surface area contributed by atoms with Gasteiger partial charge in [-0.1, -0.05) is 0 Å². The molecule has 1 saturated heterocycles. The van der Waals surface area contributed by atoms with Gasteiger partial charge in [-0.15, -0.1) is 0 Å². The van der Waals surface area contributed by atoms with Crippen LogP contribution in [-0.4, -0.2) is 27.6 Å². The molecule has 0 radical (unpaired) electrons. The molecule has 1 unspecified atom stereocenters. The van der Waals surface area contributed by atoms with Crippen molar-refractivity contribution >= 4 is 38.8 Å². The summed E-state index contributed by atoms with van der Waals surface area (Å²) in [5.41, 5.74) is 1.14. The predicted molar refractivity (Wildman–Crippen MR) is 90.0 cm³/mol. The number of carbonyl (C=O) groups is 2. The van der Waals surface area contributed by atoms with E-state index in [1.807, 2.05) is 12.1 Å². The highest BCUT2D eigenvalue weighted by Crippen LogP contribution is 2.36. The fraction of sp³-hybridized carbons (Fsp3) is 0.438. The largest absolute Gasteiger partial charge is 0.490 e. The molecule has 8 heteroatoms. The highest BCUT2D eigenvalue weighted by atomic mass is 79.9. The molecule has 0 bridgehead atoms. The second kappa shape index (κ2) is 5.77. The number of amides is 2. The van der Waals surface area contributed by atoms with Gasteiger partial charge in [0.05, 0.1) is 16.6 Å². The number of piperidine rings is 1. The van der Waals surface area contributed by atoms with Gasteiger partial charge in [0.1, 0.15) is 11.6 Å². The third-order valence-corrected chi connectivity index (χ3v) is 5.20. The molecule has 1 N–H and O–H groups in total. The molecule has 7 nitrogen and oxygen atoms in total. The lowest BCUT2D eigenvalue weighted by Gasteiger charge is -2.22. The standard InChI is InChI=1S/C16H16BrN3O4/c17-9-3-4-10-13-14(9)24-8-2-1-7-19(13)16(23)20(10)11-5-6-12(21)18-15(11)22/h3-4,11H,1-2,5-8H2,(H,18,21,22). The quantitative estimate of drug-likeness (QED) is 0.747. The van der Waals surface area contributed by atoms with E-state index in [0.717, 1.165) is 17.3 Å². The number of nitrogens with zero attached hydrogens (tertiary/aromatic N) is 2. The van der Waals surface area contributed by atoms with E-state index < -0.39 is 11.9 Å². The van der Waals surface area contributed by atoms with Crippen LogP contribution in [0.5, 0.6) is 5.75 Å². The number of rotatable bonds is 1. The molecule has 0 aliphatic carbocycles. The van der Waals surface area contributed by atoms with E-state index in [0.29, 0.717) is 36.4 Å². The SMILES string of the molecule is O=C1CCC(n2c(=O)n3c4c(c(Br)ccc42)OCCCC3)C(=O)N1. The monoisotopic (exact) mass is 393 g/mol. The van der Waals surface area contributed by atoms with Crippen LogP contribution in [0.4, 0.5) is 0 Å². The first-order chi connectivity index (χ1) is 11.6. The summed E-state index contributed by atoms with van der Waals surface area (Å²) in [7, 11) is 0. The van der Waals surface area contributed by atoms with Crippen molar-refractivity contribution in [2.75, 3.05) is 6.61 Å². The summed E-state index contributed by atoms with van der Waals surface area (Å²) >= 11 is 3.48. The van der Waals surface area contributed by atoms with Crippen LogP contribution >= 0.6 is 15.9 Å². The van der Waals surface area contributed by atoms with Crippen LogP contribution in [0.1, 0.15) is 31.7 Å². The predicted octanol–water partition coefficient (Wildman–Crippen LogP) is 1.72. The molecule has 0 spiro atoms. The molecule has 2 aromatic rings. The van der Waals surface area contributed by atoms with Crippen molar-refractivity contribution in [3.63, 3.8) is 0 Å². The summed E-state index contributed by atoms with van der Waals surface area (Å²) < 4.78 is 9.82. The molecule has 1 aromatic carbocycles. The zero-order valence-electron chi connectivity index (χ0n) is 12.9. The Morgan fingerprint density at radius 3 is 2.83 bits per heavy atom. The first-order valence-corrected chi connectivity index (χ1v) is 8.77. The van der Waals surface area contributed by atoms with Gasteiger partial charge in [-0.05, 0) is 47.3 Å². The average Bonchev–Trinajstić information content (AvgIpc) is 2.78. The normalized spacial score (nSPS) is 21.1. The summed E-state index contributed by atoms with van der Waals surface area (Å²) in [4.78, 5) is 36.7. The van der Waals surface area contributed by atoms with E-state index >= 15 is 0 Å². The van der Waals surface area contributed by atoms with E-state index in [4.69, 9.17) is 4.74 Å². The number of ether oxygens (including phenoxy) is 1. The smallest absolute Gasteiger partial charge is 0.329 e. The minimum Gasteiger partial charge on any atom is -0.490 e. The van der Waals surface area contributed by atoms with Gasteiger partial charge >= 0.3 is 5.69 Å².